The summed E-state index contributed by atoms with van der Waals surface area (Å²) in [7, 11) is 0. The van der Waals surface area contributed by atoms with Gasteiger partial charge in [0.25, 0.3) is 0 Å². The summed E-state index contributed by atoms with van der Waals surface area (Å²) in [5, 5.41) is 0. The molecule has 1 rings (SSSR count). The summed E-state index contributed by atoms with van der Waals surface area (Å²) in [6.07, 6.45) is 9.47. The van der Waals surface area contributed by atoms with Crippen molar-refractivity contribution in [3.05, 3.63) is 79.4 Å². The molecule has 0 heteroatoms. The van der Waals surface area contributed by atoms with Gasteiger partial charge in [0.2, 0.25) is 0 Å². The number of rotatable bonds is 4. The molecule has 1 aromatic carbocycles. The zero-order chi connectivity index (χ0) is 14.2. The summed E-state index contributed by atoms with van der Waals surface area (Å²) >= 11 is 0. The van der Waals surface area contributed by atoms with Gasteiger partial charge in [0.05, 0.1) is 0 Å². The second-order valence-electron chi connectivity index (χ2n) is 2.82. The van der Waals surface area contributed by atoms with E-state index in [2.05, 4.69) is 25.3 Å². The van der Waals surface area contributed by atoms with Gasteiger partial charge in [0.1, 0.15) is 0 Å². The van der Waals surface area contributed by atoms with E-state index in [4.69, 9.17) is 0 Å². The van der Waals surface area contributed by atoms with E-state index in [1.165, 1.54) is 5.56 Å². The van der Waals surface area contributed by atoms with Crippen molar-refractivity contribution in [2.45, 2.75) is 27.7 Å². The number of hydrogen-bond acceptors (Lipinski definition) is 0. The normalized spacial score (nSPS) is 9.67. The van der Waals surface area contributed by atoms with Crippen LogP contribution in [-0.2, 0) is 0 Å². The Bertz CT molecular complexity index is 353. The van der Waals surface area contributed by atoms with Gasteiger partial charge in [-0.25, -0.2) is 0 Å². The first-order valence-corrected chi connectivity index (χ1v) is 6.55. The fourth-order valence-corrected chi connectivity index (χ4v) is 1.18. The van der Waals surface area contributed by atoms with Crippen LogP contribution in [0.5, 0.6) is 0 Å². The molecule has 0 N–H and O–H groups in total. The zero-order valence-corrected chi connectivity index (χ0v) is 12.2. The summed E-state index contributed by atoms with van der Waals surface area (Å²) in [5.41, 5.74) is 2.33. The van der Waals surface area contributed by atoms with E-state index < -0.39 is 0 Å². The lowest BCUT2D eigenvalue weighted by atomic mass is 10.1. The van der Waals surface area contributed by atoms with Crippen LogP contribution < -0.4 is 0 Å². The Kier molecular flexibility index (Phi) is 15.6. The molecule has 0 saturated heterocycles. The predicted molar refractivity (Wildman–Crippen MR) is 86.6 cm³/mol. The summed E-state index contributed by atoms with van der Waals surface area (Å²) in [4.78, 5) is 0. The van der Waals surface area contributed by atoms with Crippen LogP contribution in [0, 0.1) is 0 Å². The number of hydrogen-bond donors (Lipinski definition) is 0. The number of allylic oxidation sites excluding steroid dienone is 6. The van der Waals surface area contributed by atoms with Gasteiger partial charge in [-0.15, -0.1) is 0 Å². The Morgan fingerprint density at radius 2 is 1.44 bits per heavy atom. The third-order valence-corrected chi connectivity index (χ3v) is 1.82. The van der Waals surface area contributed by atoms with Crippen LogP contribution in [0.2, 0.25) is 0 Å². The van der Waals surface area contributed by atoms with Crippen LogP contribution >= 0.6 is 0 Å². The monoisotopic (exact) mass is 242 g/mol. The van der Waals surface area contributed by atoms with Gasteiger partial charge in [-0.3, -0.25) is 0 Å². The van der Waals surface area contributed by atoms with Crippen LogP contribution in [-0.4, -0.2) is 0 Å². The lowest BCUT2D eigenvalue weighted by Gasteiger charge is -2.00. The Balaban J connectivity index is 0. The molecule has 0 aliphatic rings. The van der Waals surface area contributed by atoms with E-state index in [1.807, 2.05) is 64.1 Å². The van der Waals surface area contributed by atoms with Gasteiger partial charge >= 0.3 is 0 Å². The van der Waals surface area contributed by atoms with Crippen LogP contribution in [0.25, 0.3) is 5.57 Å². The minimum absolute atomic E-state index is 1.14. The fraction of sp³-hybridized carbons (Fsp3) is 0.222. The molecule has 0 radical (unpaired) electrons. The standard InChI is InChI=1S/C14H14.2C2H6/c1-3-5-10-13(9-4-2)14-11-7-6-8-12-14;2*1-2/h3-12H,1-2H2;2*1-2H3/b10-5-,13-9+;;. The second-order valence-corrected chi connectivity index (χ2v) is 2.82. The van der Waals surface area contributed by atoms with Crippen molar-refractivity contribution in [3.63, 3.8) is 0 Å². The molecule has 0 amide bonds. The largest absolute Gasteiger partial charge is 0.0991 e. The SMILES string of the molecule is C=C/C=C\C(=C/C=C)c1ccccc1.CC.CC. The van der Waals surface area contributed by atoms with Crippen molar-refractivity contribution >= 4 is 5.57 Å². The summed E-state index contributed by atoms with van der Waals surface area (Å²) < 4.78 is 0. The molecule has 1 aromatic rings. The van der Waals surface area contributed by atoms with Crippen molar-refractivity contribution in [1.82, 2.24) is 0 Å². The van der Waals surface area contributed by atoms with E-state index in [9.17, 15) is 0 Å². The van der Waals surface area contributed by atoms with E-state index >= 15 is 0 Å². The third-order valence-electron chi connectivity index (χ3n) is 1.82. The molecule has 0 aromatic heterocycles. The van der Waals surface area contributed by atoms with E-state index in [0.717, 1.165) is 5.57 Å². The number of benzene rings is 1. The quantitative estimate of drug-likeness (QED) is 0.564. The highest BCUT2D eigenvalue weighted by atomic mass is 14.0. The van der Waals surface area contributed by atoms with E-state index in [-0.39, 0.29) is 0 Å². The molecule has 98 valence electrons. The minimum Gasteiger partial charge on any atom is -0.0991 e. The molecule has 0 aliphatic carbocycles. The molecule has 0 heterocycles. The second kappa shape index (κ2) is 15.2. The summed E-state index contributed by atoms with van der Waals surface area (Å²) in [6, 6.07) is 10.2. The molecule has 0 unspecified atom stereocenters. The first-order valence-electron chi connectivity index (χ1n) is 6.55. The van der Waals surface area contributed by atoms with Crippen LogP contribution in [0.3, 0.4) is 0 Å². The average molecular weight is 242 g/mol. The van der Waals surface area contributed by atoms with Crippen LogP contribution in [0.4, 0.5) is 0 Å². The van der Waals surface area contributed by atoms with Gasteiger partial charge in [-0.05, 0) is 11.1 Å². The van der Waals surface area contributed by atoms with Gasteiger partial charge in [-0.2, -0.15) is 0 Å². The van der Waals surface area contributed by atoms with Crippen molar-refractivity contribution in [3.8, 4) is 0 Å². The molecule has 0 spiro atoms. The van der Waals surface area contributed by atoms with E-state index in [0.29, 0.717) is 0 Å². The van der Waals surface area contributed by atoms with Crippen LogP contribution in [0.1, 0.15) is 33.3 Å². The summed E-state index contributed by atoms with van der Waals surface area (Å²) in [5.74, 6) is 0. The smallest absolute Gasteiger partial charge is 0.0184 e. The van der Waals surface area contributed by atoms with E-state index in [1.54, 1.807) is 12.2 Å². The lowest BCUT2D eigenvalue weighted by Crippen LogP contribution is -1.78. The molecule has 0 nitrogen and oxygen atoms in total. The van der Waals surface area contributed by atoms with Crippen molar-refractivity contribution in [2.75, 3.05) is 0 Å². The lowest BCUT2D eigenvalue weighted by molar-refractivity contribution is 1.50. The highest BCUT2D eigenvalue weighted by Gasteiger charge is 1.93. The van der Waals surface area contributed by atoms with Gasteiger partial charge in [-0.1, -0.05) is 102 Å². The molecule has 0 bridgehead atoms. The third kappa shape index (κ3) is 8.35. The maximum Gasteiger partial charge on any atom is -0.0184 e. The van der Waals surface area contributed by atoms with Crippen LogP contribution in [0.15, 0.2) is 73.9 Å². The fourth-order valence-electron chi connectivity index (χ4n) is 1.18. The zero-order valence-electron chi connectivity index (χ0n) is 12.2. The molecule has 18 heavy (non-hydrogen) atoms. The average Bonchev–Trinajstić information content (AvgIpc) is 2.48. The predicted octanol–water partition coefficient (Wildman–Crippen LogP) is 6.05. The Morgan fingerprint density at radius 1 is 0.889 bits per heavy atom. The van der Waals surface area contributed by atoms with Gasteiger partial charge < -0.3 is 0 Å². The van der Waals surface area contributed by atoms with Crippen molar-refractivity contribution in [2.24, 2.45) is 0 Å². The first kappa shape index (κ1) is 18.5. The Hall–Kier alpha value is -1.82. The Morgan fingerprint density at radius 3 is 1.89 bits per heavy atom. The highest BCUT2D eigenvalue weighted by Crippen LogP contribution is 2.15. The molecule has 0 aliphatic heterocycles. The highest BCUT2D eigenvalue weighted by molar-refractivity contribution is 5.75. The van der Waals surface area contributed by atoms with Gasteiger partial charge in [0, 0.05) is 0 Å². The molecular formula is C18H26. The molecular weight excluding hydrogens is 216 g/mol. The first-order chi connectivity index (χ1) is 8.88. The Labute approximate surface area is 113 Å². The minimum atomic E-state index is 1.14. The van der Waals surface area contributed by atoms with Crippen molar-refractivity contribution < 1.29 is 0 Å². The van der Waals surface area contributed by atoms with Gasteiger partial charge in [0.15, 0.2) is 0 Å². The molecule has 0 saturated carbocycles. The topological polar surface area (TPSA) is 0 Å². The maximum absolute atomic E-state index is 3.70. The molecule has 0 fully saturated rings. The molecule has 0 atom stereocenters. The maximum atomic E-state index is 3.70. The summed E-state index contributed by atoms with van der Waals surface area (Å²) in [6.45, 7) is 15.3. The van der Waals surface area contributed by atoms with Crippen molar-refractivity contribution in [1.29, 1.82) is 0 Å².